The molecule has 0 bridgehead atoms. The van der Waals surface area contributed by atoms with Crippen LogP contribution in [-0.2, 0) is 15.6 Å². The minimum atomic E-state index is -1.03. The Balaban J connectivity index is 1.93. The fourth-order valence-corrected chi connectivity index (χ4v) is 4.44. The van der Waals surface area contributed by atoms with Crippen molar-refractivity contribution in [1.29, 1.82) is 5.26 Å². The van der Waals surface area contributed by atoms with Crippen molar-refractivity contribution in [3.8, 4) is 17.2 Å². The zero-order chi connectivity index (χ0) is 25.4. The molecule has 3 rings (SSSR count). The predicted octanol–water partition coefficient (Wildman–Crippen LogP) is 4.96. The van der Waals surface area contributed by atoms with Crippen LogP contribution in [0.4, 0.5) is 4.39 Å². The van der Waals surface area contributed by atoms with E-state index >= 15 is 0 Å². The van der Waals surface area contributed by atoms with E-state index in [1.54, 1.807) is 18.4 Å². The lowest BCUT2D eigenvalue weighted by atomic mass is 9.94. The second-order valence-corrected chi connectivity index (χ2v) is 10.2. The Morgan fingerprint density at radius 2 is 1.46 bits per heavy atom. The van der Waals surface area contributed by atoms with Gasteiger partial charge >= 0.3 is 0 Å². The second-order valence-electron chi connectivity index (χ2n) is 8.81. The van der Waals surface area contributed by atoms with Gasteiger partial charge in [0, 0.05) is 22.0 Å². The van der Waals surface area contributed by atoms with Gasteiger partial charge in [0.05, 0.1) is 18.2 Å². The first-order valence-corrected chi connectivity index (χ1v) is 13.0. The Kier molecular flexibility index (Phi) is 9.30. The van der Waals surface area contributed by atoms with Crippen LogP contribution in [0.25, 0.3) is 11.1 Å². The van der Waals surface area contributed by atoms with Crippen molar-refractivity contribution in [2.45, 2.75) is 37.2 Å². The van der Waals surface area contributed by atoms with Gasteiger partial charge in [-0.2, -0.15) is 5.26 Å². The van der Waals surface area contributed by atoms with Crippen LogP contribution in [0.1, 0.15) is 37.4 Å². The summed E-state index contributed by atoms with van der Waals surface area (Å²) in [6.07, 6.45) is 2.23. The average Bonchev–Trinajstić information content (AvgIpc) is 2.85. The molecule has 1 amide bonds. The monoisotopic (exact) mass is 491 g/mol. The Labute approximate surface area is 208 Å². The van der Waals surface area contributed by atoms with Crippen LogP contribution in [0.5, 0.6) is 0 Å². The molecule has 1 unspecified atom stereocenters. The van der Waals surface area contributed by atoms with Gasteiger partial charge in [0.15, 0.2) is 0 Å². The number of nitriles is 1. The van der Waals surface area contributed by atoms with E-state index in [9.17, 15) is 13.4 Å². The summed E-state index contributed by atoms with van der Waals surface area (Å²) >= 11 is 0. The topological polar surface area (TPSA) is 82.0 Å². The van der Waals surface area contributed by atoms with E-state index in [0.717, 1.165) is 27.1 Å². The highest BCUT2D eigenvalue weighted by Crippen LogP contribution is 2.28. The van der Waals surface area contributed by atoms with Gasteiger partial charge in [-0.3, -0.25) is 14.3 Å². The van der Waals surface area contributed by atoms with Crippen LogP contribution in [-0.4, -0.2) is 29.0 Å². The zero-order valence-electron chi connectivity index (χ0n) is 20.1. The van der Waals surface area contributed by atoms with Crippen molar-refractivity contribution >= 4 is 16.7 Å². The Hall–Kier alpha value is -3.34. The molecule has 0 heterocycles. The molecule has 2 N–H and O–H groups in total. The smallest absolute Gasteiger partial charge is 0.237 e. The number of rotatable bonds is 10. The lowest BCUT2D eigenvalue weighted by molar-refractivity contribution is -0.123. The molecule has 3 atom stereocenters. The van der Waals surface area contributed by atoms with Crippen LogP contribution in [0.2, 0.25) is 0 Å². The van der Waals surface area contributed by atoms with E-state index < -0.39 is 16.8 Å². The quantitative estimate of drug-likeness (QED) is 0.393. The number of nitrogens with one attached hydrogen (secondary N) is 2. The van der Waals surface area contributed by atoms with Crippen LogP contribution in [0.15, 0.2) is 77.7 Å². The molecule has 0 saturated heterocycles. The third kappa shape index (κ3) is 7.32. The maximum absolute atomic E-state index is 13.6. The highest BCUT2D eigenvalue weighted by atomic mass is 32.2. The molecule has 0 aliphatic heterocycles. The highest BCUT2D eigenvalue weighted by molar-refractivity contribution is 7.84. The second kappa shape index (κ2) is 12.4. The van der Waals surface area contributed by atoms with Gasteiger partial charge in [0.1, 0.15) is 12.4 Å². The number of hydrogen-bond donors (Lipinski definition) is 2. The summed E-state index contributed by atoms with van der Waals surface area (Å²) in [5, 5.41) is 15.0. The summed E-state index contributed by atoms with van der Waals surface area (Å²) in [6, 6.07) is 22.9. The van der Waals surface area contributed by atoms with Gasteiger partial charge < -0.3 is 5.32 Å². The third-order valence-corrected chi connectivity index (χ3v) is 6.64. The normalized spacial score (nSPS) is 13.6. The number of carbonyl (C=O) groups is 1. The number of halogens is 1. The van der Waals surface area contributed by atoms with Gasteiger partial charge in [-0.15, -0.1) is 0 Å². The number of hydrogen-bond acceptors (Lipinski definition) is 4. The van der Waals surface area contributed by atoms with Crippen molar-refractivity contribution in [2.24, 2.45) is 5.92 Å². The SMILES string of the molecule is CC(C)C[C@H](N[C@H](c1ccc(F)cc1)c1ccc(-c2ccc(S(C)=O)cc2)cc1)C(=O)NCC#N. The van der Waals surface area contributed by atoms with Gasteiger partial charge in [0.2, 0.25) is 5.91 Å². The summed E-state index contributed by atoms with van der Waals surface area (Å²) in [5.41, 5.74) is 3.76. The van der Waals surface area contributed by atoms with Crippen molar-refractivity contribution in [2.75, 3.05) is 12.8 Å². The lowest BCUT2D eigenvalue weighted by Crippen LogP contribution is -2.46. The molecule has 3 aromatic carbocycles. The molecule has 182 valence electrons. The van der Waals surface area contributed by atoms with Crippen molar-refractivity contribution in [3.05, 3.63) is 89.7 Å². The maximum Gasteiger partial charge on any atom is 0.237 e. The van der Waals surface area contributed by atoms with Crippen molar-refractivity contribution in [3.63, 3.8) is 0 Å². The highest BCUT2D eigenvalue weighted by Gasteiger charge is 2.25. The molecule has 0 aliphatic rings. The molecular weight excluding hydrogens is 461 g/mol. The molecule has 0 aromatic heterocycles. The van der Waals surface area contributed by atoms with Gasteiger partial charge in [-0.25, -0.2) is 4.39 Å². The van der Waals surface area contributed by atoms with Gasteiger partial charge in [-0.1, -0.05) is 62.4 Å². The Morgan fingerprint density at radius 1 is 0.943 bits per heavy atom. The maximum atomic E-state index is 13.6. The van der Waals surface area contributed by atoms with E-state index in [2.05, 4.69) is 10.6 Å². The fourth-order valence-electron chi connectivity index (χ4n) is 3.92. The summed E-state index contributed by atoms with van der Waals surface area (Å²) in [5.74, 6) is -0.320. The molecular formula is C28H30FN3O2S. The van der Waals surface area contributed by atoms with Crippen LogP contribution < -0.4 is 10.6 Å². The minimum Gasteiger partial charge on any atom is -0.342 e. The molecule has 0 aliphatic carbocycles. The van der Waals surface area contributed by atoms with E-state index in [4.69, 9.17) is 5.26 Å². The molecule has 3 aromatic rings. The molecule has 0 radical (unpaired) electrons. The standard InChI is InChI=1S/C28H30FN3O2S/c1-19(2)18-26(28(33)31-17-16-30)32-27(23-8-12-24(29)13-9-23)22-6-4-20(5-7-22)21-10-14-25(15-11-21)35(3)34/h4-15,19,26-27,32H,17-18H2,1-3H3,(H,31,33)/t26-,27-,35?/m0/s1. The van der Waals surface area contributed by atoms with E-state index in [-0.39, 0.29) is 30.2 Å². The average molecular weight is 492 g/mol. The number of benzene rings is 3. The third-order valence-electron chi connectivity index (χ3n) is 5.70. The lowest BCUT2D eigenvalue weighted by Gasteiger charge is -2.27. The fraction of sp³-hybridized carbons (Fsp3) is 0.286. The first-order chi connectivity index (χ1) is 16.8. The molecule has 5 nitrogen and oxygen atoms in total. The van der Waals surface area contributed by atoms with Crippen molar-refractivity contribution in [1.82, 2.24) is 10.6 Å². The van der Waals surface area contributed by atoms with Crippen LogP contribution in [0.3, 0.4) is 0 Å². The van der Waals surface area contributed by atoms with E-state index in [1.807, 2.05) is 68.4 Å². The van der Waals surface area contributed by atoms with Crippen LogP contribution in [0, 0.1) is 23.1 Å². The van der Waals surface area contributed by atoms with E-state index in [0.29, 0.717) is 6.42 Å². The number of carbonyl (C=O) groups excluding carboxylic acids is 1. The largest absolute Gasteiger partial charge is 0.342 e. The Bertz CT molecular complexity index is 1190. The first kappa shape index (κ1) is 26.3. The molecule has 35 heavy (non-hydrogen) atoms. The minimum absolute atomic E-state index is 0.0601. The molecule has 7 heteroatoms. The molecule has 0 saturated carbocycles. The summed E-state index contributed by atoms with van der Waals surface area (Å²) in [6.45, 7) is 4.01. The zero-order valence-corrected chi connectivity index (χ0v) is 20.9. The van der Waals surface area contributed by atoms with Gasteiger partial charge in [0.25, 0.3) is 0 Å². The van der Waals surface area contributed by atoms with E-state index in [1.165, 1.54) is 12.1 Å². The molecule has 0 spiro atoms. The van der Waals surface area contributed by atoms with Crippen LogP contribution >= 0.6 is 0 Å². The number of amides is 1. The summed E-state index contributed by atoms with van der Waals surface area (Å²) in [7, 11) is -1.03. The number of nitrogens with zero attached hydrogens (tertiary/aromatic N) is 1. The summed E-state index contributed by atoms with van der Waals surface area (Å²) < 4.78 is 25.3. The van der Waals surface area contributed by atoms with Crippen molar-refractivity contribution < 1.29 is 13.4 Å². The van der Waals surface area contributed by atoms with Gasteiger partial charge in [-0.05, 0) is 58.9 Å². The first-order valence-electron chi connectivity index (χ1n) is 11.5. The Morgan fingerprint density at radius 3 is 1.94 bits per heavy atom. The summed E-state index contributed by atoms with van der Waals surface area (Å²) in [4.78, 5) is 13.6. The molecule has 0 fully saturated rings. The predicted molar refractivity (Wildman–Crippen MR) is 137 cm³/mol.